The molecule has 0 N–H and O–H groups in total. The van der Waals surface area contributed by atoms with Crippen molar-refractivity contribution in [2.45, 2.75) is 12.5 Å². The molecule has 1 aromatic carbocycles. The van der Waals surface area contributed by atoms with Crippen molar-refractivity contribution in [3.8, 4) is 5.75 Å². The van der Waals surface area contributed by atoms with Crippen LogP contribution in [-0.2, 0) is 0 Å². The summed E-state index contributed by atoms with van der Waals surface area (Å²) >= 11 is 1.83. The maximum absolute atomic E-state index is 13.8. The van der Waals surface area contributed by atoms with Crippen molar-refractivity contribution in [3.63, 3.8) is 0 Å². The normalized spacial score (nSPS) is 18.7. The van der Waals surface area contributed by atoms with Gasteiger partial charge in [-0.25, -0.2) is 4.39 Å². The molecule has 1 aliphatic rings. The van der Waals surface area contributed by atoms with Crippen molar-refractivity contribution in [2.75, 3.05) is 25.7 Å². The maximum atomic E-state index is 13.8. The highest BCUT2D eigenvalue weighted by atomic mass is 32.2. The Labute approximate surface area is 110 Å². The first-order valence-electron chi connectivity index (χ1n) is 5.82. The molecule has 18 heavy (non-hydrogen) atoms. The molecule has 5 heteroatoms. The topological polar surface area (TPSA) is 29.5 Å². The first-order chi connectivity index (χ1) is 8.63. The minimum atomic E-state index is -0.531. The largest absolute Gasteiger partial charge is 0.497 e. The van der Waals surface area contributed by atoms with Gasteiger partial charge in [0.25, 0.3) is 5.91 Å². The highest BCUT2D eigenvalue weighted by Crippen LogP contribution is 2.24. The van der Waals surface area contributed by atoms with Crippen LogP contribution >= 0.6 is 11.8 Å². The summed E-state index contributed by atoms with van der Waals surface area (Å²) in [4.78, 5) is 13.8. The van der Waals surface area contributed by atoms with Gasteiger partial charge in [0.05, 0.1) is 12.7 Å². The number of amides is 1. The Kier molecular flexibility index (Phi) is 4.11. The van der Waals surface area contributed by atoms with Gasteiger partial charge in [0.15, 0.2) is 0 Å². The highest BCUT2D eigenvalue weighted by molar-refractivity contribution is 7.99. The second kappa shape index (κ2) is 5.61. The van der Waals surface area contributed by atoms with Gasteiger partial charge in [0.2, 0.25) is 0 Å². The minimum Gasteiger partial charge on any atom is -0.497 e. The molecule has 2 rings (SSSR count). The van der Waals surface area contributed by atoms with Gasteiger partial charge in [-0.05, 0) is 24.3 Å². The molecule has 1 atom stereocenters. The summed E-state index contributed by atoms with van der Waals surface area (Å²) < 4.78 is 18.7. The number of methoxy groups -OCH3 is 1. The van der Waals surface area contributed by atoms with Gasteiger partial charge in [0, 0.05) is 24.9 Å². The van der Waals surface area contributed by atoms with E-state index in [4.69, 9.17) is 4.74 Å². The number of rotatable bonds is 3. The molecule has 1 heterocycles. The molecule has 0 aromatic heterocycles. The van der Waals surface area contributed by atoms with Crippen molar-refractivity contribution >= 4 is 17.7 Å². The lowest BCUT2D eigenvalue weighted by Gasteiger charge is -2.24. The first kappa shape index (κ1) is 13.2. The van der Waals surface area contributed by atoms with E-state index in [0.29, 0.717) is 5.75 Å². The van der Waals surface area contributed by atoms with Crippen molar-refractivity contribution < 1.29 is 13.9 Å². The molecule has 1 fully saturated rings. The molecule has 0 saturated carbocycles. The number of halogens is 1. The molecule has 0 radical (unpaired) electrons. The van der Waals surface area contributed by atoms with Crippen LogP contribution in [0.15, 0.2) is 18.2 Å². The molecular weight excluding hydrogens is 253 g/mol. The van der Waals surface area contributed by atoms with Crippen LogP contribution in [0.3, 0.4) is 0 Å². The van der Waals surface area contributed by atoms with Crippen LogP contribution in [0, 0.1) is 5.82 Å². The van der Waals surface area contributed by atoms with Crippen LogP contribution in [0.5, 0.6) is 5.75 Å². The lowest BCUT2D eigenvalue weighted by atomic mass is 10.1. The Morgan fingerprint density at radius 3 is 2.89 bits per heavy atom. The summed E-state index contributed by atoms with van der Waals surface area (Å²) in [6.45, 7) is 0. The second-order valence-corrected chi connectivity index (χ2v) is 5.43. The van der Waals surface area contributed by atoms with Crippen molar-refractivity contribution in [3.05, 3.63) is 29.6 Å². The number of hydrogen-bond donors (Lipinski definition) is 0. The van der Waals surface area contributed by atoms with Crippen LogP contribution in [-0.4, -0.2) is 42.5 Å². The third-order valence-corrected chi connectivity index (χ3v) is 4.33. The van der Waals surface area contributed by atoms with Gasteiger partial charge in [-0.15, -0.1) is 0 Å². The predicted octanol–water partition coefficient (Wildman–Crippen LogP) is 2.41. The molecule has 1 unspecified atom stereocenters. The van der Waals surface area contributed by atoms with E-state index in [9.17, 15) is 9.18 Å². The Balaban J connectivity index is 2.17. The van der Waals surface area contributed by atoms with E-state index in [0.717, 1.165) is 17.9 Å². The van der Waals surface area contributed by atoms with Crippen LogP contribution in [0.4, 0.5) is 4.39 Å². The number of hydrogen-bond acceptors (Lipinski definition) is 3. The average molecular weight is 269 g/mol. The summed E-state index contributed by atoms with van der Waals surface area (Å²) in [5.74, 6) is 1.62. The van der Waals surface area contributed by atoms with E-state index < -0.39 is 5.82 Å². The third kappa shape index (κ3) is 2.61. The predicted molar refractivity (Wildman–Crippen MR) is 70.8 cm³/mol. The molecule has 3 nitrogen and oxygen atoms in total. The Hall–Kier alpha value is -1.23. The molecule has 0 aliphatic carbocycles. The number of thioether (sulfide) groups is 1. The van der Waals surface area contributed by atoms with E-state index in [1.54, 1.807) is 18.0 Å². The molecule has 1 aromatic rings. The molecule has 1 aliphatic heterocycles. The lowest BCUT2D eigenvalue weighted by molar-refractivity contribution is 0.0743. The lowest BCUT2D eigenvalue weighted by Crippen LogP contribution is -2.37. The van der Waals surface area contributed by atoms with Gasteiger partial charge in [0.1, 0.15) is 11.6 Å². The van der Waals surface area contributed by atoms with Gasteiger partial charge < -0.3 is 9.64 Å². The van der Waals surface area contributed by atoms with Gasteiger partial charge in [-0.2, -0.15) is 11.8 Å². The Bertz CT molecular complexity index is 447. The summed E-state index contributed by atoms with van der Waals surface area (Å²) in [5, 5.41) is 0. The molecule has 98 valence electrons. The van der Waals surface area contributed by atoms with Crippen LogP contribution in [0.25, 0.3) is 0 Å². The molecule has 0 spiro atoms. The van der Waals surface area contributed by atoms with Crippen LogP contribution < -0.4 is 4.74 Å². The minimum absolute atomic E-state index is 0.107. The van der Waals surface area contributed by atoms with Gasteiger partial charge >= 0.3 is 0 Å². The van der Waals surface area contributed by atoms with Crippen molar-refractivity contribution in [1.82, 2.24) is 4.90 Å². The van der Waals surface area contributed by atoms with E-state index in [-0.39, 0.29) is 17.5 Å². The molecule has 1 amide bonds. The van der Waals surface area contributed by atoms with E-state index >= 15 is 0 Å². The summed E-state index contributed by atoms with van der Waals surface area (Å²) in [6, 6.07) is 4.54. The first-order valence-corrected chi connectivity index (χ1v) is 6.97. The number of nitrogens with zero attached hydrogens (tertiary/aromatic N) is 1. The molecular formula is C13H16FNO2S. The summed E-state index contributed by atoms with van der Waals surface area (Å²) in [6.07, 6.45) is 0.977. The SMILES string of the molecule is COc1ccc(C(=O)N(C)C2CCSC2)c(F)c1. The second-order valence-electron chi connectivity index (χ2n) is 4.28. The number of ether oxygens (including phenoxy) is 1. The van der Waals surface area contributed by atoms with E-state index in [1.165, 1.54) is 19.2 Å². The quantitative estimate of drug-likeness (QED) is 0.844. The number of carbonyl (C=O) groups excluding carboxylic acids is 1. The standard InChI is InChI=1S/C13H16FNO2S/c1-15(9-5-6-18-8-9)13(16)11-4-3-10(17-2)7-12(11)14/h3-4,7,9H,5-6,8H2,1-2H3. The third-order valence-electron chi connectivity index (χ3n) is 3.18. The van der Waals surface area contributed by atoms with Crippen molar-refractivity contribution in [2.24, 2.45) is 0 Å². The monoisotopic (exact) mass is 269 g/mol. The van der Waals surface area contributed by atoms with E-state index in [1.807, 2.05) is 11.8 Å². The zero-order valence-electron chi connectivity index (χ0n) is 10.5. The molecule has 0 bridgehead atoms. The van der Waals surface area contributed by atoms with Gasteiger partial charge in [-0.1, -0.05) is 0 Å². The van der Waals surface area contributed by atoms with Crippen LogP contribution in [0.2, 0.25) is 0 Å². The number of benzene rings is 1. The molecule has 1 saturated heterocycles. The zero-order valence-corrected chi connectivity index (χ0v) is 11.3. The highest BCUT2D eigenvalue weighted by Gasteiger charge is 2.26. The Morgan fingerprint density at radius 1 is 1.56 bits per heavy atom. The van der Waals surface area contributed by atoms with Crippen LogP contribution in [0.1, 0.15) is 16.8 Å². The zero-order chi connectivity index (χ0) is 13.1. The fraction of sp³-hybridized carbons (Fsp3) is 0.462. The van der Waals surface area contributed by atoms with Crippen molar-refractivity contribution in [1.29, 1.82) is 0 Å². The fourth-order valence-corrected chi connectivity index (χ4v) is 3.25. The Morgan fingerprint density at radius 2 is 2.33 bits per heavy atom. The smallest absolute Gasteiger partial charge is 0.256 e. The van der Waals surface area contributed by atoms with Gasteiger partial charge in [-0.3, -0.25) is 4.79 Å². The summed E-state index contributed by atoms with van der Waals surface area (Å²) in [5.41, 5.74) is 0.107. The fourth-order valence-electron chi connectivity index (χ4n) is 1.98. The maximum Gasteiger partial charge on any atom is 0.256 e. The average Bonchev–Trinajstić information content (AvgIpc) is 2.90. The van der Waals surface area contributed by atoms with E-state index in [2.05, 4.69) is 0 Å². The summed E-state index contributed by atoms with van der Waals surface area (Å²) in [7, 11) is 3.21. The number of carbonyl (C=O) groups is 1.